The number of carboxylic acids is 1. The molecule has 0 bridgehead atoms. The van der Waals surface area contributed by atoms with Crippen LogP contribution in [0, 0.1) is 10.1 Å². The Balaban J connectivity index is 1.97. The quantitative estimate of drug-likeness (QED) is 0.566. The van der Waals surface area contributed by atoms with Gasteiger partial charge in [0.2, 0.25) is 5.91 Å². The summed E-state index contributed by atoms with van der Waals surface area (Å²) < 4.78 is 5.14. The van der Waals surface area contributed by atoms with Crippen molar-refractivity contribution in [2.45, 2.75) is 25.3 Å². The van der Waals surface area contributed by atoms with E-state index >= 15 is 0 Å². The molecule has 0 saturated heterocycles. The first-order valence-electron chi connectivity index (χ1n) is 8.89. The van der Waals surface area contributed by atoms with Crippen molar-refractivity contribution in [3.8, 4) is 5.75 Å². The molecule has 1 aliphatic rings. The Morgan fingerprint density at radius 1 is 1.21 bits per heavy atom. The molecule has 9 heteroatoms. The summed E-state index contributed by atoms with van der Waals surface area (Å²) in [5.41, 5.74) is 1.58. The molecule has 0 saturated carbocycles. The van der Waals surface area contributed by atoms with Crippen molar-refractivity contribution >= 4 is 23.3 Å². The molecule has 1 heterocycles. The molecule has 150 valence electrons. The molecule has 1 amide bonds. The second-order valence-electron chi connectivity index (χ2n) is 6.44. The number of nitro benzene ring substituents is 1. The van der Waals surface area contributed by atoms with E-state index in [0.29, 0.717) is 17.0 Å². The average Bonchev–Trinajstić information content (AvgIpc) is 3.17. The van der Waals surface area contributed by atoms with E-state index in [0.717, 1.165) is 5.56 Å². The van der Waals surface area contributed by atoms with Gasteiger partial charge >= 0.3 is 5.97 Å². The van der Waals surface area contributed by atoms with E-state index < -0.39 is 22.8 Å². The average molecular weight is 397 g/mol. The SMILES string of the molecule is COc1ccc(C2=NN(C(=O)CCC(=O)O)[C@H](c3ccccc3[N+](=O)[O-])C2)cc1. The number of nitrogens with zero attached hydrogens (tertiary/aromatic N) is 3. The Bertz CT molecular complexity index is 970. The Labute approximate surface area is 166 Å². The highest BCUT2D eigenvalue weighted by Gasteiger charge is 2.36. The van der Waals surface area contributed by atoms with E-state index in [9.17, 15) is 19.7 Å². The van der Waals surface area contributed by atoms with E-state index in [1.54, 1.807) is 49.6 Å². The number of carboxylic acid groups (broad SMARTS) is 1. The maximum atomic E-state index is 12.7. The van der Waals surface area contributed by atoms with Crippen molar-refractivity contribution in [1.82, 2.24) is 5.01 Å². The van der Waals surface area contributed by atoms with Crippen LogP contribution in [0.2, 0.25) is 0 Å². The first kappa shape index (κ1) is 20.0. The number of ether oxygens (including phenoxy) is 1. The van der Waals surface area contributed by atoms with Gasteiger partial charge in [0.05, 0.1) is 35.8 Å². The summed E-state index contributed by atoms with van der Waals surface area (Å²) in [5.74, 6) is -0.935. The zero-order valence-corrected chi connectivity index (χ0v) is 15.6. The second kappa shape index (κ2) is 8.51. The monoisotopic (exact) mass is 397 g/mol. The lowest BCUT2D eigenvalue weighted by Crippen LogP contribution is -2.27. The van der Waals surface area contributed by atoms with Crippen molar-refractivity contribution in [2.24, 2.45) is 5.10 Å². The molecule has 0 aromatic heterocycles. The summed E-state index contributed by atoms with van der Waals surface area (Å²) in [6.45, 7) is 0. The third-order valence-corrected chi connectivity index (χ3v) is 4.63. The first-order chi connectivity index (χ1) is 13.9. The molecule has 0 unspecified atom stereocenters. The van der Waals surface area contributed by atoms with Crippen LogP contribution in [-0.2, 0) is 9.59 Å². The second-order valence-corrected chi connectivity index (χ2v) is 6.44. The number of carbonyl (C=O) groups is 2. The lowest BCUT2D eigenvalue weighted by molar-refractivity contribution is -0.385. The lowest BCUT2D eigenvalue weighted by Gasteiger charge is -2.21. The molecule has 29 heavy (non-hydrogen) atoms. The van der Waals surface area contributed by atoms with Crippen LogP contribution in [0.5, 0.6) is 5.75 Å². The summed E-state index contributed by atoms with van der Waals surface area (Å²) in [7, 11) is 1.55. The Hall–Kier alpha value is -3.75. The van der Waals surface area contributed by atoms with Gasteiger partial charge in [0.1, 0.15) is 5.75 Å². The zero-order chi connectivity index (χ0) is 21.0. The maximum Gasteiger partial charge on any atom is 0.303 e. The van der Waals surface area contributed by atoms with E-state index in [-0.39, 0.29) is 24.9 Å². The summed E-state index contributed by atoms with van der Waals surface area (Å²) in [5, 5.41) is 25.9. The predicted octanol–water partition coefficient (Wildman–Crippen LogP) is 3.15. The topological polar surface area (TPSA) is 122 Å². The standard InChI is InChI=1S/C20H19N3O6/c1-29-14-8-6-13(7-9-14)16-12-18(15-4-2-3-5-17(15)23(27)28)22(21-16)19(24)10-11-20(25)26/h2-9,18H,10-12H2,1H3,(H,25,26)/t18-/m0/s1. The summed E-state index contributed by atoms with van der Waals surface area (Å²) in [4.78, 5) is 34.5. The van der Waals surface area contributed by atoms with Gasteiger partial charge in [0.25, 0.3) is 5.69 Å². The van der Waals surface area contributed by atoms with Gasteiger partial charge < -0.3 is 9.84 Å². The van der Waals surface area contributed by atoms with Crippen molar-refractivity contribution in [2.75, 3.05) is 7.11 Å². The molecule has 2 aromatic carbocycles. The van der Waals surface area contributed by atoms with Crippen LogP contribution in [0.1, 0.15) is 36.4 Å². The minimum Gasteiger partial charge on any atom is -0.497 e. The normalized spacial score (nSPS) is 15.7. The summed E-state index contributed by atoms with van der Waals surface area (Å²) in [6.07, 6.45) is -0.311. The highest BCUT2D eigenvalue weighted by atomic mass is 16.6. The summed E-state index contributed by atoms with van der Waals surface area (Å²) >= 11 is 0. The van der Waals surface area contributed by atoms with Crippen molar-refractivity contribution in [1.29, 1.82) is 0 Å². The Morgan fingerprint density at radius 3 is 2.52 bits per heavy atom. The van der Waals surface area contributed by atoms with E-state index in [1.165, 1.54) is 11.1 Å². The number of benzene rings is 2. The van der Waals surface area contributed by atoms with Crippen molar-refractivity contribution < 1.29 is 24.4 Å². The number of hydrogen-bond donors (Lipinski definition) is 1. The number of hydrazone groups is 1. The number of aliphatic carboxylic acids is 1. The third kappa shape index (κ3) is 4.40. The molecular weight excluding hydrogens is 378 g/mol. The molecule has 0 radical (unpaired) electrons. The van der Waals surface area contributed by atoms with Crippen LogP contribution < -0.4 is 4.74 Å². The van der Waals surface area contributed by atoms with Gasteiger partial charge in [-0.1, -0.05) is 12.1 Å². The molecule has 1 aliphatic heterocycles. The highest BCUT2D eigenvalue weighted by molar-refractivity contribution is 6.03. The summed E-state index contributed by atoms with van der Waals surface area (Å²) in [6, 6.07) is 12.6. The number of rotatable bonds is 7. The van der Waals surface area contributed by atoms with Crippen LogP contribution in [0.15, 0.2) is 53.6 Å². The van der Waals surface area contributed by atoms with Gasteiger partial charge in [0.15, 0.2) is 0 Å². The molecule has 2 aromatic rings. The van der Waals surface area contributed by atoms with E-state index in [1.807, 2.05) is 0 Å². The lowest BCUT2D eigenvalue weighted by atomic mass is 9.97. The Morgan fingerprint density at radius 2 is 1.90 bits per heavy atom. The number of amides is 1. The van der Waals surface area contributed by atoms with Gasteiger partial charge in [-0.05, 0) is 35.9 Å². The molecule has 0 aliphatic carbocycles. The van der Waals surface area contributed by atoms with Gasteiger partial charge in [-0.25, -0.2) is 5.01 Å². The first-order valence-corrected chi connectivity index (χ1v) is 8.89. The number of para-hydroxylation sites is 1. The van der Waals surface area contributed by atoms with E-state index in [4.69, 9.17) is 9.84 Å². The number of methoxy groups -OCH3 is 1. The molecule has 0 spiro atoms. The third-order valence-electron chi connectivity index (χ3n) is 4.63. The molecule has 1 atom stereocenters. The van der Waals surface area contributed by atoms with Crippen LogP contribution in [-0.4, -0.2) is 39.7 Å². The number of carbonyl (C=O) groups excluding carboxylic acids is 1. The minimum atomic E-state index is -1.10. The van der Waals surface area contributed by atoms with Gasteiger partial charge in [-0.3, -0.25) is 19.7 Å². The fourth-order valence-corrected chi connectivity index (χ4v) is 3.20. The molecule has 0 fully saturated rings. The largest absolute Gasteiger partial charge is 0.497 e. The van der Waals surface area contributed by atoms with Crippen LogP contribution in [0.3, 0.4) is 0 Å². The van der Waals surface area contributed by atoms with Crippen molar-refractivity contribution in [3.05, 3.63) is 69.8 Å². The molecule has 3 rings (SSSR count). The molecular formula is C20H19N3O6. The fraction of sp³-hybridized carbons (Fsp3) is 0.250. The smallest absolute Gasteiger partial charge is 0.303 e. The number of nitro groups is 1. The Kier molecular flexibility index (Phi) is 5.87. The van der Waals surface area contributed by atoms with Crippen molar-refractivity contribution in [3.63, 3.8) is 0 Å². The maximum absolute atomic E-state index is 12.7. The predicted molar refractivity (Wildman–Crippen MR) is 104 cm³/mol. The van der Waals surface area contributed by atoms with Crippen LogP contribution in [0.4, 0.5) is 5.69 Å². The number of hydrogen-bond acceptors (Lipinski definition) is 6. The van der Waals surface area contributed by atoms with E-state index in [2.05, 4.69) is 5.10 Å². The molecule has 9 nitrogen and oxygen atoms in total. The van der Waals surface area contributed by atoms with Crippen LogP contribution >= 0.6 is 0 Å². The fourth-order valence-electron chi connectivity index (χ4n) is 3.20. The highest BCUT2D eigenvalue weighted by Crippen LogP contribution is 2.37. The minimum absolute atomic E-state index is 0.111. The van der Waals surface area contributed by atoms with Gasteiger partial charge in [-0.2, -0.15) is 5.10 Å². The van der Waals surface area contributed by atoms with Gasteiger partial charge in [0, 0.05) is 18.9 Å². The molecule has 1 N–H and O–H groups in total. The zero-order valence-electron chi connectivity index (χ0n) is 15.6. The van der Waals surface area contributed by atoms with Crippen LogP contribution in [0.25, 0.3) is 0 Å². The van der Waals surface area contributed by atoms with Gasteiger partial charge in [-0.15, -0.1) is 0 Å².